The molecule has 2 rings (SSSR count). The van der Waals surface area contributed by atoms with Gasteiger partial charge in [0.2, 0.25) is 0 Å². The molecule has 0 radical (unpaired) electrons. The number of hydrogen-bond donors (Lipinski definition) is 1. The summed E-state index contributed by atoms with van der Waals surface area (Å²) in [6.45, 7) is 7.58. The Balaban J connectivity index is 2.16. The molecule has 2 aromatic rings. The summed E-state index contributed by atoms with van der Waals surface area (Å²) in [6, 6.07) is 6.07. The third-order valence-corrected chi connectivity index (χ3v) is 3.46. The fourth-order valence-electron chi connectivity index (χ4n) is 2.34. The average Bonchev–Trinajstić information content (AvgIpc) is 2.73. The summed E-state index contributed by atoms with van der Waals surface area (Å²) in [5.74, 6) is 0.575. The number of fused-ring (bicyclic) bond motifs is 1. The lowest BCUT2D eigenvalue weighted by Gasteiger charge is -2.08. The zero-order chi connectivity index (χ0) is 14.5. The van der Waals surface area contributed by atoms with E-state index in [1.54, 1.807) is 0 Å². The van der Waals surface area contributed by atoms with E-state index in [1.165, 1.54) is 16.5 Å². The molecule has 0 fully saturated rings. The van der Waals surface area contributed by atoms with Gasteiger partial charge < -0.3 is 14.6 Å². The number of benzene rings is 1. The van der Waals surface area contributed by atoms with Gasteiger partial charge in [-0.25, -0.2) is 0 Å². The zero-order valence-electron chi connectivity index (χ0n) is 12.4. The third-order valence-electron chi connectivity index (χ3n) is 3.22. The van der Waals surface area contributed by atoms with E-state index in [2.05, 4.69) is 36.0 Å². The summed E-state index contributed by atoms with van der Waals surface area (Å²) in [4.78, 5) is 0. The summed E-state index contributed by atoms with van der Waals surface area (Å²) >= 11 is 6.12. The standard InChI is InChI=1S/C16H23ClN2O/c1-12(2)11-20-7-6-19-10-13(9-18-3)15-5-4-14(17)8-16(15)19/h4-5,8,10,12,18H,6-7,9,11H2,1-3H3. The van der Waals surface area contributed by atoms with Crippen molar-refractivity contribution in [3.8, 4) is 0 Å². The first-order chi connectivity index (χ1) is 9.61. The Hall–Kier alpha value is -1.03. The van der Waals surface area contributed by atoms with E-state index in [0.717, 1.165) is 31.3 Å². The number of hydrogen-bond acceptors (Lipinski definition) is 2. The van der Waals surface area contributed by atoms with Crippen LogP contribution in [0.5, 0.6) is 0 Å². The maximum absolute atomic E-state index is 6.12. The van der Waals surface area contributed by atoms with Crippen LogP contribution in [0.15, 0.2) is 24.4 Å². The molecule has 110 valence electrons. The van der Waals surface area contributed by atoms with Crippen LogP contribution < -0.4 is 5.32 Å². The Morgan fingerprint density at radius 1 is 1.35 bits per heavy atom. The van der Waals surface area contributed by atoms with Crippen LogP contribution in [-0.2, 0) is 17.8 Å². The second kappa shape index (κ2) is 7.11. The topological polar surface area (TPSA) is 26.2 Å². The van der Waals surface area contributed by atoms with E-state index in [9.17, 15) is 0 Å². The molecule has 4 heteroatoms. The fourth-order valence-corrected chi connectivity index (χ4v) is 2.51. The number of nitrogens with zero attached hydrogens (tertiary/aromatic N) is 1. The second-order valence-corrected chi connectivity index (χ2v) is 5.94. The Kier molecular flexibility index (Phi) is 5.46. The molecule has 1 N–H and O–H groups in total. The van der Waals surface area contributed by atoms with Crippen molar-refractivity contribution in [2.24, 2.45) is 5.92 Å². The minimum Gasteiger partial charge on any atom is -0.379 e. The normalized spacial score (nSPS) is 11.7. The number of nitrogens with one attached hydrogen (secondary N) is 1. The summed E-state index contributed by atoms with van der Waals surface area (Å²) < 4.78 is 7.91. The number of ether oxygens (including phenoxy) is 1. The van der Waals surface area contributed by atoms with Gasteiger partial charge in [-0.15, -0.1) is 0 Å². The summed E-state index contributed by atoms with van der Waals surface area (Å²) in [6.07, 6.45) is 2.19. The third kappa shape index (κ3) is 3.75. The maximum Gasteiger partial charge on any atom is 0.0645 e. The van der Waals surface area contributed by atoms with Crippen LogP contribution in [0.4, 0.5) is 0 Å². The first kappa shape index (κ1) is 15.4. The summed E-state index contributed by atoms with van der Waals surface area (Å²) in [7, 11) is 1.96. The first-order valence-electron chi connectivity index (χ1n) is 7.11. The molecule has 0 aliphatic carbocycles. The molecular weight excluding hydrogens is 272 g/mol. The van der Waals surface area contributed by atoms with E-state index in [1.807, 2.05) is 19.2 Å². The van der Waals surface area contributed by atoms with Crippen LogP contribution in [0.1, 0.15) is 19.4 Å². The number of halogens is 1. The molecule has 1 aromatic carbocycles. The van der Waals surface area contributed by atoms with Gasteiger partial charge >= 0.3 is 0 Å². The van der Waals surface area contributed by atoms with Crippen molar-refractivity contribution < 1.29 is 4.74 Å². The van der Waals surface area contributed by atoms with Crippen molar-refractivity contribution in [2.45, 2.75) is 26.9 Å². The van der Waals surface area contributed by atoms with E-state index in [4.69, 9.17) is 16.3 Å². The van der Waals surface area contributed by atoms with E-state index in [0.29, 0.717) is 5.92 Å². The highest BCUT2D eigenvalue weighted by atomic mass is 35.5. The van der Waals surface area contributed by atoms with E-state index >= 15 is 0 Å². The molecule has 0 saturated heterocycles. The first-order valence-corrected chi connectivity index (χ1v) is 7.49. The Labute approximate surface area is 125 Å². The van der Waals surface area contributed by atoms with Gasteiger partial charge in [0.1, 0.15) is 0 Å². The van der Waals surface area contributed by atoms with Crippen LogP contribution in [-0.4, -0.2) is 24.8 Å². The predicted octanol–water partition coefficient (Wildman–Crippen LogP) is 3.69. The van der Waals surface area contributed by atoms with Crippen molar-refractivity contribution in [3.05, 3.63) is 35.0 Å². The summed E-state index contributed by atoms with van der Waals surface area (Å²) in [5, 5.41) is 5.24. The van der Waals surface area contributed by atoms with Crippen LogP contribution in [0.3, 0.4) is 0 Å². The minimum absolute atomic E-state index is 0.575. The average molecular weight is 295 g/mol. The molecule has 0 aliphatic heterocycles. The van der Waals surface area contributed by atoms with Gasteiger partial charge in [0.25, 0.3) is 0 Å². The Morgan fingerprint density at radius 3 is 2.85 bits per heavy atom. The molecule has 20 heavy (non-hydrogen) atoms. The van der Waals surface area contributed by atoms with Gasteiger partial charge in [0.15, 0.2) is 0 Å². The van der Waals surface area contributed by atoms with Crippen LogP contribution in [0, 0.1) is 5.92 Å². The highest BCUT2D eigenvalue weighted by molar-refractivity contribution is 6.31. The molecule has 0 saturated carbocycles. The predicted molar refractivity (Wildman–Crippen MR) is 85.4 cm³/mol. The van der Waals surface area contributed by atoms with Gasteiger partial charge in [0.05, 0.1) is 6.61 Å². The van der Waals surface area contributed by atoms with Crippen LogP contribution in [0.25, 0.3) is 10.9 Å². The lowest BCUT2D eigenvalue weighted by Crippen LogP contribution is -2.09. The van der Waals surface area contributed by atoms with Crippen molar-refractivity contribution in [2.75, 3.05) is 20.3 Å². The van der Waals surface area contributed by atoms with Crippen molar-refractivity contribution in [1.29, 1.82) is 0 Å². The van der Waals surface area contributed by atoms with Gasteiger partial charge in [0, 0.05) is 41.8 Å². The second-order valence-electron chi connectivity index (χ2n) is 5.51. The summed E-state index contributed by atoms with van der Waals surface area (Å²) in [5.41, 5.74) is 2.47. The SMILES string of the molecule is CNCc1cn(CCOCC(C)C)c2cc(Cl)ccc12. The Bertz CT molecular complexity index is 563. The molecule has 0 atom stereocenters. The molecule has 1 heterocycles. The minimum atomic E-state index is 0.575. The number of aromatic nitrogens is 1. The van der Waals surface area contributed by atoms with Crippen molar-refractivity contribution >= 4 is 22.5 Å². The monoisotopic (exact) mass is 294 g/mol. The van der Waals surface area contributed by atoms with E-state index < -0.39 is 0 Å². The largest absolute Gasteiger partial charge is 0.379 e. The highest BCUT2D eigenvalue weighted by Crippen LogP contribution is 2.24. The Morgan fingerprint density at radius 2 is 2.15 bits per heavy atom. The van der Waals surface area contributed by atoms with Gasteiger partial charge in [-0.3, -0.25) is 0 Å². The van der Waals surface area contributed by atoms with Crippen LogP contribution in [0.2, 0.25) is 5.02 Å². The molecule has 0 bridgehead atoms. The van der Waals surface area contributed by atoms with Gasteiger partial charge in [-0.05, 0) is 30.7 Å². The number of rotatable bonds is 7. The van der Waals surface area contributed by atoms with Crippen LogP contribution >= 0.6 is 11.6 Å². The lowest BCUT2D eigenvalue weighted by atomic mass is 10.2. The van der Waals surface area contributed by atoms with Crippen molar-refractivity contribution in [1.82, 2.24) is 9.88 Å². The molecule has 0 unspecified atom stereocenters. The molecule has 0 amide bonds. The molecule has 0 aliphatic rings. The molecule has 1 aromatic heterocycles. The van der Waals surface area contributed by atoms with Crippen molar-refractivity contribution in [3.63, 3.8) is 0 Å². The van der Waals surface area contributed by atoms with E-state index in [-0.39, 0.29) is 0 Å². The molecule has 0 spiro atoms. The van der Waals surface area contributed by atoms with Gasteiger partial charge in [-0.1, -0.05) is 31.5 Å². The smallest absolute Gasteiger partial charge is 0.0645 e. The maximum atomic E-state index is 6.12. The molecule has 3 nitrogen and oxygen atoms in total. The quantitative estimate of drug-likeness (QED) is 0.788. The zero-order valence-corrected chi connectivity index (χ0v) is 13.2. The fraction of sp³-hybridized carbons (Fsp3) is 0.500. The lowest BCUT2D eigenvalue weighted by molar-refractivity contribution is 0.104. The molecular formula is C16H23ClN2O. The van der Waals surface area contributed by atoms with Gasteiger partial charge in [-0.2, -0.15) is 0 Å². The highest BCUT2D eigenvalue weighted by Gasteiger charge is 2.08.